The van der Waals surface area contributed by atoms with E-state index < -0.39 is 0 Å². The molecule has 0 bridgehead atoms. The van der Waals surface area contributed by atoms with Crippen LogP contribution in [-0.2, 0) is 17.6 Å². The van der Waals surface area contributed by atoms with Crippen LogP contribution in [0.5, 0.6) is 11.5 Å². The highest BCUT2D eigenvalue weighted by Crippen LogP contribution is 2.26. The molecular weight excluding hydrogens is 390 g/mol. The molecule has 3 rings (SSSR count). The van der Waals surface area contributed by atoms with Gasteiger partial charge in [0.05, 0.1) is 5.56 Å². The molecule has 3 aromatic carbocycles. The van der Waals surface area contributed by atoms with Crippen LogP contribution in [0.25, 0.3) is 0 Å². The molecule has 0 spiro atoms. The van der Waals surface area contributed by atoms with Crippen molar-refractivity contribution in [3.8, 4) is 11.5 Å². The highest BCUT2D eigenvalue weighted by Gasteiger charge is 2.15. The minimum Gasteiger partial charge on any atom is -0.508 e. The molecule has 0 fully saturated rings. The van der Waals surface area contributed by atoms with Gasteiger partial charge in [-0.05, 0) is 78.8 Å². The van der Waals surface area contributed by atoms with Crippen molar-refractivity contribution in [2.45, 2.75) is 26.7 Å². The topological polar surface area (TPSA) is 67.8 Å². The van der Waals surface area contributed by atoms with Crippen molar-refractivity contribution in [2.75, 3.05) is 20.4 Å². The second-order valence-electron chi connectivity index (χ2n) is 7.61. The van der Waals surface area contributed by atoms with E-state index in [1.165, 1.54) is 5.56 Å². The van der Waals surface area contributed by atoms with Gasteiger partial charge in [0.2, 0.25) is 0 Å². The molecule has 31 heavy (non-hydrogen) atoms. The second kappa shape index (κ2) is 10.6. The van der Waals surface area contributed by atoms with Gasteiger partial charge in [0.15, 0.2) is 6.79 Å². The Hall–Kier alpha value is -3.31. The van der Waals surface area contributed by atoms with E-state index in [1.54, 1.807) is 19.2 Å². The summed E-state index contributed by atoms with van der Waals surface area (Å²) in [4.78, 5) is 12.9. The molecule has 5 heteroatoms. The quantitative estimate of drug-likeness (QED) is 0.499. The number of benzene rings is 3. The molecule has 3 aromatic rings. The second-order valence-corrected chi connectivity index (χ2v) is 7.61. The first-order valence-electron chi connectivity index (χ1n) is 10.3. The molecule has 0 saturated carbocycles. The van der Waals surface area contributed by atoms with E-state index in [0.717, 1.165) is 28.7 Å². The van der Waals surface area contributed by atoms with Crippen LogP contribution in [0, 0.1) is 13.8 Å². The predicted octanol–water partition coefficient (Wildman–Crippen LogP) is 4.56. The average molecular weight is 420 g/mol. The summed E-state index contributed by atoms with van der Waals surface area (Å²) in [7, 11) is 1.55. The lowest BCUT2D eigenvalue weighted by Crippen LogP contribution is -2.26. The minimum atomic E-state index is -0.178. The first-order valence-corrected chi connectivity index (χ1v) is 10.3. The fourth-order valence-electron chi connectivity index (χ4n) is 3.63. The van der Waals surface area contributed by atoms with Crippen molar-refractivity contribution in [1.82, 2.24) is 5.32 Å². The fourth-order valence-corrected chi connectivity index (χ4v) is 3.63. The van der Waals surface area contributed by atoms with Crippen molar-refractivity contribution >= 4 is 5.91 Å². The monoisotopic (exact) mass is 419 g/mol. The van der Waals surface area contributed by atoms with Gasteiger partial charge in [0.25, 0.3) is 5.91 Å². The number of ether oxygens (including phenoxy) is 2. The Kier molecular flexibility index (Phi) is 7.68. The first kappa shape index (κ1) is 22.4. The zero-order valence-corrected chi connectivity index (χ0v) is 18.3. The molecule has 0 saturated heterocycles. The Bertz CT molecular complexity index is 1010. The maximum absolute atomic E-state index is 12.9. The fraction of sp³-hybridized carbons (Fsp3) is 0.269. The number of aromatic hydroxyl groups is 1. The standard InChI is InChI=1S/C26H29NO4/c1-18-13-22(28)14-19(2)23(18)15-21-9-10-25(31-17-30-3)24(16-21)26(29)27-12-11-20-7-5-4-6-8-20/h4-10,13-14,16,28H,11-12,15,17H2,1-3H3,(H,27,29). The third-order valence-electron chi connectivity index (χ3n) is 5.22. The normalized spacial score (nSPS) is 10.7. The number of aryl methyl sites for hydroxylation is 2. The Balaban J connectivity index is 1.78. The van der Waals surface area contributed by atoms with Crippen molar-refractivity contribution < 1.29 is 19.4 Å². The molecule has 0 aromatic heterocycles. The van der Waals surface area contributed by atoms with Gasteiger partial charge in [-0.2, -0.15) is 0 Å². The van der Waals surface area contributed by atoms with Crippen LogP contribution in [0.15, 0.2) is 60.7 Å². The van der Waals surface area contributed by atoms with Crippen LogP contribution in [0.3, 0.4) is 0 Å². The van der Waals surface area contributed by atoms with Gasteiger partial charge in [0, 0.05) is 13.7 Å². The van der Waals surface area contributed by atoms with E-state index in [-0.39, 0.29) is 18.4 Å². The maximum atomic E-state index is 12.9. The first-order chi connectivity index (χ1) is 15.0. The van der Waals surface area contributed by atoms with Crippen molar-refractivity contribution in [3.63, 3.8) is 0 Å². The summed E-state index contributed by atoms with van der Waals surface area (Å²) >= 11 is 0. The molecule has 2 N–H and O–H groups in total. The molecule has 1 amide bonds. The van der Waals surface area contributed by atoms with E-state index in [9.17, 15) is 9.90 Å². The zero-order chi connectivity index (χ0) is 22.2. The Morgan fingerprint density at radius 3 is 2.35 bits per heavy atom. The van der Waals surface area contributed by atoms with Crippen LogP contribution in [0.4, 0.5) is 0 Å². The molecule has 0 aliphatic heterocycles. The molecule has 5 nitrogen and oxygen atoms in total. The van der Waals surface area contributed by atoms with Crippen molar-refractivity contribution in [2.24, 2.45) is 0 Å². The zero-order valence-electron chi connectivity index (χ0n) is 18.3. The van der Waals surface area contributed by atoms with Crippen LogP contribution in [-0.4, -0.2) is 31.5 Å². The van der Waals surface area contributed by atoms with Gasteiger partial charge in [-0.1, -0.05) is 36.4 Å². The number of hydrogen-bond acceptors (Lipinski definition) is 4. The number of methoxy groups -OCH3 is 1. The van der Waals surface area contributed by atoms with E-state index in [2.05, 4.69) is 5.32 Å². The Morgan fingerprint density at radius 2 is 1.68 bits per heavy atom. The van der Waals surface area contributed by atoms with E-state index >= 15 is 0 Å². The Labute approximate surface area is 183 Å². The average Bonchev–Trinajstić information content (AvgIpc) is 2.75. The Morgan fingerprint density at radius 1 is 0.968 bits per heavy atom. The maximum Gasteiger partial charge on any atom is 0.255 e. The third kappa shape index (κ3) is 6.09. The highest BCUT2D eigenvalue weighted by atomic mass is 16.7. The number of amides is 1. The van der Waals surface area contributed by atoms with E-state index in [4.69, 9.17) is 9.47 Å². The minimum absolute atomic E-state index is 0.0693. The molecule has 0 atom stereocenters. The van der Waals surface area contributed by atoms with E-state index in [1.807, 2.05) is 62.4 Å². The lowest BCUT2D eigenvalue weighted by molar-refractivity contribution is 0.0501. The highest BCUT2D eigenvalue weighted by molar-refractivity contribution is 5.97. The van der Waals surface area contributed by atoms with Crippen LogP contribution in [0.2, 0.25) is 0 Å². The third-order valence-corrected chi connectivity index (χ3v) is 5.22. The molecule has 0 radical (unpaired) electrons. The molecule has 0 aliphatic carbocycles. The van der Waals surface area contributed by atoms with Gasteiger partial charge in [-0.3, -0.25) is 4.79 Å². The van der Waals surface area contributed by atoms with Crippen LogP contribution >= 0.6 is 0 Å². The number of phenolic OH excluding ortho intramolecular Hbond substituents is 1. The SMILES string of the molecule is COCOc1ccc(Cc2c(C)cc(O)cc2C)cc1C(=O)NCCc1ccccc1. The summed E-state index contributed by atoms with van der Waals surface area (Å²) in [5, 5.41) is 12.8. The van der Waals surface area contributed by atoms with Gasteiger partial charge >= 0.3 is 0 Å². The lowest BCUT2D eigenvalue weighted by Gasteiger charge is -2.15. The molecule has 0 unspecified atom stereocenters. The van der Waals surface area contributed by atoms with Gasteiger partial charge in [-0.25, -0.2) is 0 Å². The number of hydrogen-bond donors (Lipinski definition) is 2. The van der Waals surface area contributed by atoms with Crippen LogP contribution in [0.1, 0.15) is 38.2 Å². The number of nitrogens with one attached hydrogen (secondary N) is 1. The summed E-state index contributed by atoms with van der Waals surface area (Å²) < 4.78 is 10.6. The summed E-state index contributed by atoms with van der Waals surface area (Å²) in [5.74, 6) is 0.575. The number of rotatable bonds is 9. The molecular formula is C26H29NO4. The number of phenols is 1. The summed E-state index contributed by atoms with van der Waals surface area (Å²) in [5.41, 5.74) is 5.83. The summed E-state index contributed by atoms with van der Waals surface area (Å²) in [6.07, 6.45) is 1.42. The largest absolute Gasteiger partial charge is 0.508 e. The van der Waals surface area contributed by atoms with Crippen molar-refractivity contribution in [3.05, 3.63) is 94.0 Å². The van der Waals surface area contributed by atoms with Gasteiger partial charge < -0.3 is 19.9 Å². The van der Waals surface area contributed by atoms with Gasteiger partial charge in [0.1, 0.15) is 11.5 Å². The molecule has 0 aliphatic rings. The van der Waals surface area contributed by atoms with E-state index in [0.29, 0.717) is 24.3 Å². The van der Waals surface area contributed by atoms with Crippen LogP contribution < -0.4 is 10.1 Å². The van der Waals surface area contributed by atoms with Crippen molar-refractivity contribution in [1.29, 1.82) is 0 Å². The summed E-state index contributed by atoms with van der Waals surface area (Å²) in [6, 6.07) is 19.2. The molecule has 162 valence electrons. The van der Waals surface area contributed by atoms with Gasteiger partial charge in [-0.15, -0.1) is 0 Å². The lowest BCUT2D eigenvalue weighted by atomic mass is 9.94. The predicted molar refractivity (Wildman–Crippen MR) is 122 cm³/mol. The smallest absolute Gasteiger partial charge is 0.255 e. The molecule has 0 heterocycles. The number of carbonyl (C=O) groups is 1. The summed E-state index contributed by atoms with van der Waals surface area (Å²) in [6.45, 7) is 4.57. The number of carbonyl (C=O) groups excluding carboxylic acids is 1.